The molecule has 1 fully saturated rings. The number of sulfonamides is 1. The van der Waals surface area contributed by atoms with Crippen LogP contribution in [-0.4, -0.2) is 50.0 Å². The predicted octanol–water partition coefficient (Wildman–Crippen LogP) is 5.70. The minimum absolute atomic E-state index is 0.0981. The van der Waals surface area contributed by atoms with Gasteiger partial charge < -0.3 is 10.2 Å². The molecule has 9 heteroatoms. The zero-order valence-corrected chi connectivity index (χ0v) is 25.8. The number of aryl methyl sites for hydroxylation is 2. The Balaban J connectivity index is 1.68. The summed E-state index contributed by atoms with van der Waals surface area (Å²) in [6.07, 6.45) is 5.94. The summed E-state index contributed by atoms with van der Waals surface area (Å²) in [5.74, 6) is -0.680. The van der Waals surface area contributed by atoms with Crippen molar-refractivity contribution in [2.75, 3.05) is 17.1 Å². The molecule has 0 spiro atoms. The molecule has 4 rings (SSSR count). The minimum atomic E-state index is -4.09. The molecule has 0 radical (unpaired) electrons. The zero-order chi connectivity index (χ0) is 29.6. The molecule has 218 valence electrons. The summed E-state index contributed by atoms with van der Waals surface area (Å²) in [6.45, 7) is 5.35. The fourth-order valence-corrected chi connectivity index (χ4v) is 6.92. The standard InChI is InChI=1S/C32H39N3O4S2/c1-23-12-14-28(15-13-23)35(41(38,39)30-18-16-29(40-4)17-19-30)22-31(36)34(21-26-9-7-8-24(2)20-26)25(3)32(37)33-27-10-5-6-11-27/h7-9,12-20,25,27H,5-6,10-11,21-22H2,1-4H3,(H,33,37). The molecular weight excluding hydrogens is 555 g/mol. The van der Waals surface area contributed by atoms with E-state index in [9.17, 15) is 18.0 Å². The Kier molecular flexibility index (Phi) is 10.1. The minimum Gasteiger partial charge on any atom is -0.352 e. The third-order valence-corrected chi connectivity index (χ3v) is 10.1. The van der Waals surface area contributed by atoms with Gasteiger partial charge in [0.1, 0.15) is 12.6 Å². The van der Waals surface area contributed by atoms with Gasteiger partial charge in [-0.3, -0.25) is 13.9 Å². The van der Waals surface area contributed by atoms with Crippen LogP contribution in [0.15, 0.2) is 82.6 Å². The first-order chi connectivity index (χ1) is 19.6. The van der Waals surface area contributed by atoms with Gasteiger partial charge in [-0.25, -0.2) is 8.42 Å². The number of thioether (sulfide) groups is 1. The highest BCUT2D eigenvalue weighted by Gasteiger charge is 2.33. The second-order valence-corrected chi connectivity index (χ2v) is 13.4. The van der Waals surface area contributed by atoms with Crippen LogP contribution in [0.5, 0.6) is 0 Å². The second-order valence-electron chi connectivity index (χ2n) is 10.7. The molecule has 0 bridgehead atoms. The molecule has 2 amide bonds. The molecular formula is C32H39N3O4S2. The third kappa shape index (κ3) is 7.71. The summed E-state index contributed by atoms with van der Waals surface area (Å²) in [4.78, 5) is 29.9. The molecule has 1 unspecified atom stereocenters. The van der Waals surface area contributed by atoms with Gasteiger partial charge in [-0.15, -0.1) is 11.8 Å². The van der Waals surface area contributed by atoms with Crippen LogP contribution in [-0.2, 0) is 26.2 Å². The number of nitrogens with zero attached hydrogens (tertiary/aromatic N) is 2. The number of hydrogen-bond donors (Lipinski definition) is 1. The normalized spacial score (nSPS) is 14.4. The first-order valence-corrected chi connectivity index (χ1v) is 16.6. The summed E-state index contributed by atoms with van der Waals surface area (Å²) in [6, 6.07) is 20.8. The maximum absolute atomic E-state index is 14.1. The van der Waals surface area contributed by atoms with Gasteiger partial charge in [0.15, 0.2) is 0 Å². The average molecular weight is 594 g/mol. The van der Waals surface area contributed by atoms with Crippen LogP contribution < -0.4 is 9.62 Å². The van der Waals surface area contributed by atoms with Crippen molar-refractivity contribution in [1.82, 2.24) is 10.2 Å². The SMILES string of the molecule is CSc1ccc(S(=O)(=O)N(CC(=O)N(Cc2cccc(C)c2)C(C)C(=O)NC2CCCC2)c2ccc(C)cc2)cc1. The van der Waals surface area contributed by atoms with Gasteiger partial charge in [0, 0.05) is 17.5 Å². The van der Waals surface area contributed by atoms with Crippen molar-refractivity contribution >= 4 is 39.3 Å². The molecule has 1 saturated carbocycles. The maximum Gasteiger partial charge on any atom is 0.264 e. The summed E-state index contributed by atoms with van der Waals surface area (Å²) >= 11 is 1.52. The van der Waals surface area contributed by atoms with Crippen molar-refractivity contribution in [2.24, 2.45) is 0 Å². The van der Waals surface area contributed by atoms with E-state index in [1.165, 1.54) is 16.7 Å². The number of benzene rings is 3. The molecule has 1 N–H and O–H groups in total. The lowest BCUT2D eigenvalue weighted by Crippen LogP contribution is -2.52. The van der Waals surface area contributed by atoms with Crippen molar-refractivity contribution in [3.8, 4) is 0 Å². The molecule has 3 aromatic carbocycles. The molecule has 41 heavy (non-hydrogen) atoms. The largest absolute Gasteiger partial charge is 0.352 e. The van der Waals surface area contributed by atoms with Gasteiger partial charge >= 0.3 is 0 Å². The van der Waals surface area contributed by atoms with Gasteiger partial charge in [-0.2, -0.15) is 0 Å². The average Bonchev–Trinajstić information content (AvgIpc) is 3.48. The molecule has 3 aromatic rings. The third-order valence-electron chi connectivity index (χ3n) is 7.55. The molecule has 1 aliphatic rings. The first kappa shape index (κ1) is 30.7. The number of anilines is 1. The van der Waals surface area contributed by atoms with E-state index in [0.717, 1.165) is 51.6 Å². The van der Waals surface area contributed by atoms with Crippen molar-refractivity contribution < 1.29 is 18.0 Å². The lowest BCUT2D eigenvalue weighted by Gasteiger charge is -2.32. The van der Waals surface area contributed by atoms with Crippen molar-refractivity contribution in [1.29, 1.82) is 0 Å². The lowest BCUT2D eigenvalue weighted by atomic mass is 10.1. The van der Waals surface area contributed by atoms with Gasteiger partial charge in [0.25, 0.3) is 10.0 Å². The molecule has 0 saturated heterocycles. The highest BCUT2D eigenvalue weighted by atomic mass is 32.2. The van der Waals surface area contributed by atoms with E-state index in [4.69, 9.17) is 0 Å². The molecule has 0 aromatic heterocycles. The first-order valence-electron chi connectivity index (χ1n) is 14.0. The maximum atomic E-state index is 14.1. The Morgan fingerprint density at radius 2 is 1.61 bits per heavy atom. The fourth-order valence-electron chi connectivity index (χ4n) is 5.10. The van der Waals surface area contributed by atoms with Crippen molar-refractivity contribution in [3.63, 3.8) is 0 Å². The van der Waals surface area contributed by atoms with Gasteiger partial charge in [-0.05, 0) is 81.8 Å². The van der Waals surface area contributed by atoms with E-state index in [1.807, 2.05) is 56.5 Å². The van der Waals surface area contributed by atoms with E-state index in [0.29, 0.717) is 5.69 Å². The highest BCUT2D eigenvalue weighted by molar-refractivity contribution is 7.98. The number of hydrogen-bond acceptors (Lipinski definition) is 5. The Hall–Kier alpha value is -3.30. The number of carbonyl (C=O) groups is 2. The van der Waals surface area contributed by atoms with Gasteiger partial charge in [-0.1, -0.05) is 60.4 Å². The van der Waals surface area contributed by atoms with Crippen LogP contribution in [0.1, 0.15) is 49.3 Å². The van der Waals surface area contributed by atoms with Crippen LogP contribution in [0.4, 0.5) is 5.69 Å². The van der Waals surface area contributed by atoms with E-state index < -0.39 is 28.5 Å². The van der Waals surface area contributed by atoms with E-state index >= 15 is 0 Å². The van der Waals surface area contributed by atoms with Crippen molar-refractivity contribution in [2.45, 2.75) is 74.9 Å². The van der Waals surface area contributed by atoms with E-state index in [2.05, 4.69) is 5.32 Å². The zero-order valence-electron chi connectivity index (χ0n) is 24.2. The topological polar surface area (TPSA) is 86.8 Å². The van der Waals surface area contributed by atoms with E-state index in [1.54, 1.807) is 43.3 Å². The van der Waals surface area contributed by atoms with Crippen LogP contribution in [0.25, 0.3) is 0 Å². The van der Waals surface area contributed by atoms with Crippen LogP contribution >= 0.6 is 11.8 Å². The predicted molar refractivity (Wildman–Crippen MR) is 166 cm³/mol. The van der Waals surface area contributed by atoms with E-state index in [-0.39, 0.29) is 23.4 Å². The summed E-state index contributed by atoms with van der Waals surface area (Å²) in [5, 5.41) is 3.10. The smallest absolute Gasteiger partial charge is 0.264 e. The quantitative estimate of drug-likeness (QED) is 0.289. The van der Waals surface area contributed by atoms with Gasteiger partial charge in [0.2, 0.25) is 11.8 Å². The Morgan fingerprint density at radius 1 is 0.951 bits per heavy atom. The van der Waals surface area contributed by atoms with Crippen molar-refractivity contribution in [3.05, 3.63) is 89.5 Å². The summed E-state index contributed by atoms with van der Waals surface area (Å²) in [5.41, 5.74) is 3.27. The number of carbonyl (C=O) groups excluding carboxylic acids is 2. The monoisotopic (exact) mass is 593 g/mol. The molecule has 7 nitrogen and oxygen atoms in total. The molecule has 1 atom stereocenters. The summed E-state index contributed by atoms with van der Waals surface area (Å²) < 4.78 is 29.1. The molecule has 0 aliphatic heterocycles. The molecule has 1 aliphatic carbocycles. The van der Waals surface area contributed by atoms with Crippen LogP contribution in [0, 0.1) is 13.8 Å². The van der Waals surface area contributed by atoms with Gasteiger partial charge in [0.05, 0.1) is 10.6 Å². The summed E-state index contributed by atoms with van der Waals surface area (Å²) in [7, 11) is -4.09. The Labute approximate surface area is 248 Å². The van der Waals surface area contributed by atoms with Crippen LogP contribution in [0.2, 0.25) is 0 Å². The highest BCUT2D eigenvalue weighted by Crippen LogP contribution is 2.27. The fraction of sp³-hybridized carbons (Fsp3) is 0.375. The Bertz CT molecular complexity index is 1450. The number of nitrogens with one attached hydrogen (secondary N) is 1. The van der Waals surface area contributed by atoms with Crippen LogP contribution in [0.3, 0.4) is 0 Å². The molecule has 0 heterocycles. The second kappa shape index (κ2) is 13.6. The number of rotatable bonds is 11. The Morgan fingerprint density at radius 3 is 2.22 bits per heavy atom. The lowest BCUT2D eigenvalue weighted by molar-refractivity contribution is -0.139. The number of amides is 2.